The Morgan fingerprint density at radius 1 is 1.09 bits per heavy atom. The van der Waals surface area contributed by atoms with Crippen LogP contribution in [0.4, 0.5) is 4.39 Å². The first kappa shape index (κ1) is 17.6. The fourth-order valence-corrected chi connectivity index (χ4v) is 2.80. The molecule has 1 aliphatic heterocycles. The van der Waals surface area contributed by atoms with Gasteiger partial charge in [-0.2, -0.15) is 0 Å². The van der Waals surface area contributed by atoms with Crippen LogP contribution in [0, 0.1) is 5.82 Å². The fraction of sp³-hybridized carbons (Fsp3) is 0.412. The molecule has 0 saturated heterocycles. The van der Waals surface area contributed by atoms with Crippen molar-refractivity contribution >= 4 is 18.0 Å². The van der Waals surface area contributed by atoms with E-state index in [1.165, 1.54) is 24.1 Å². The van der Waals surface area contributed by atoms with Crippen LogP contribution >= 0.6 is 12.4 Å². The molecule has 0 atom stereocenters. The maximum absolute atomic E-state index is 13.0. The van der Waals surface area contributed by atoms with Gasteiger partial charge in [-0.05, 0) is 49.1 Å². The Bertz CT molecular complexity index is 610. The molecule has 2 heterocycles. The van der Waals surface area contributed by atoms with E-state index < -0.39 is 0 Å². The lowest BCUT2D eigenvalue weighted by atomic mass is 9.99. The zero-order valence-electron chi connectivity index (χ0n) is 13.1. The largest absolute Gasteiger partial charge is 0.299 e. The van der Waals surface area contributed by atoms with Crippen LogP contribution in [0.2, 0.25) is 0 Å². The molecule has 0 aliphatic carbocycles. The zero-order chi connectivity index (χ0) is 15.2. The van der Waals surface area contributed by atoms with Crippen molar-refractivity contribution in [3.63, 3.8) is 0 Å². The minimum atomic E-state index is -0.172. The van der Waals surface area contributed by atoms with Gasteiger partial charge in [0.25, 0.3) is 0 Å². The molecule has 23 heavy (non-hydrogen) atoms. The van der Waals surface area contributed by atoms with Gasteiger partial charge < -0.3 is 0 Å². The fourth-order valence-electron chi connectivity index (χ4n) is 2.80. The molecular weight excluding hydrogens is 315 g/mol. The van der Waals surface area contributed by atoms with Crippen LogP contribution in [0.3, 0.4) is 0 Å². The summed E-state index contributed by atoms with van der Waals surface area (Å²) < 4.78 is 14.8. The lowest BCUT2D eigenvalue weighted by molar-refractivity contribution is 0.291. The predicted molar refractivity (Wildman–Crippen MR) is 91.9 cm³/mol. The molecule has 3 rings (SSSR count). The minimum absolute atomic E-state index is 0. The third-order valence-corrected chi connectivity index (χ3v) is 4.09. The summed E-state index contributed by atoms with van der Waals surface area (Å²) >= 11 is 0. The summed E-state index contributed by atoms with van der Waals surface area (Å²) in [4.78, 5) is 2.47. The van der Waals surface area contributed by atoms with E-state index in [1.807, 2.05) is 23.0 Å². The highest BCUT2D eigenvalue weighted by molar-refractivity contribution is 5.85. The molecule has 0 spiro atoms. The first-order chi connectivity index (χ1) is 10.8. The molecule has 4 nitrogen and oxygen atoms in total. The number of rotatable bonds is 6. The molecule has 0 unspecified atom stereocenters. The van der Waals surface area contributed by atoms with Crippen LogP contribution in [0.25, 0.3) is 5.57 Å². The van der Waals surface area contributed by atoms with E-state index in [-0.39, 0.29) is 18.2 Å². The van der Waals surface area contributed by atoms with Crippen LogP contribution < -0.4 is 0 Å². The van der Waals surface area contributed by atoms with Crippen molar-refractivity contribution in [2.45, 2.75) is 25.8 Å². The highest BCUT2D eigenvalue weighted by Gasteiger charge is 2.12. The van der Waals surface area contributed by atoms with Crippen LogP contribution in [0.1, 0.15) is 24.8 Å². The topological polar surface area (TPSA) is 34.0 Å². The molecule has 0 amide bonds. The number of hydrogen-bond donors (Lipinski definition) is 0. The average molecular weight is 337 g/mol. The summed E-state index contributed by atoms with van der Waals surface area (Å²) in [6.45, 7) is 4.11. The summed E-state index contributed by atoms with van der Waals surface area (Å²) in [5.41, 5.74) is 2.48. The highest BCUT2D eigenvalue weighted by Crippen LogP contribution is 2.22. The molecule has 1 aliphatic rings. The maximum atomic E-state index is 13.0. The molecule has 124 valence electrons. The van der Waals surface area contributed by atoms with Gasteiger partial charge in [0.15, 0.2) is 0 Å². The van der Waals surface area contributed by atoms with Gasteiger partial charge in [-0.3, -0.25) is 9.58 Å². The van der Waals surface area contributed by atoms with Gasteiger partial charge >= 0.3 is 0 Å². The average Bonchev–Trinajstić information content (AvgIpc) is 3.06. The van der Waals surface area contributed by atoms with Gasteiger partial charge in [-0.15, -0.1) is 17.5 Å². The number of hydrogen-bond acceptors (Lipinski definition) is 3. The van der Waals surface area contributed by atoms with Crippen LogP contribution in [0.15, 0.2) is 42.7 Å². The molecule has 0 fully saturated rings. The number of aromatic nitrogens is 3. The van der Waals surface area contributed by atoms with E-state index in [1.54, 1.807) is 6.20 Å². The van der Waals surface area contributed by atoms with Gasteiger partial charge in [0.1, 0.15) is 5.82 Å². The lowest BCUT2D eigenvalue weighted by Gasteiger charge is -2.26. The predicted octanol–water partition coefficient (Wildman–Crippen LogP) is 3.41. The molecule has 2 aromatic rings. The standard InChI is InChI=1S/C17H21FN4.ClH/c18-17-5-3-15(4-6-17)16-7-12-21(13-8-16)10-1-2-11-22-14-9-19-20-22;/h3-7,9,14H,1-2,8,10-13H2;1H. The first-order valence-electron chi connectivity index (χ1n) is 7.83. The van der Waals surface area contributed by atoms with Gasteiger partial charge in [-0.1, -0.05) is 23.4 Å². The Morgan fingerprint density at radius 2 is 1.87 bits per heavy atom. The van der Waals surface area contributed by atoms with Crippen molar-refractivity contribution in [1.29, 1.82) is 0 Å². The Morgan fingerprint density at radius 3 is 2.52 bits per heavy atom. The maximum Gasteiger partial charge on any atom is 0.123 e. The SMILES string of the molecule is Cl.Fc1ccc(C2=CCN(CCCCn3ccnn3)CC2)cc1. The van der Waals surface area contributed by atoms with E-state index in [9.17, 15) is 4.39 Å². The Labute approximate surface area is 142 Å². The van der Waals surface area contributed by atoms with E-state index in [0.29, 0.717) is 0 Å². The number of unbranched alkanes of at least 4 members (excludes halogenated alkanes) is 1. The second kappa shape index (κ2) is 8.79. The second-order valence-electron chi connectivity index (χ2n) is 5.66. The number of benzene rings is 1. The monoisotopic (exact) mass is 336 g/mol. The molecule has 6 heteroatoms. The van der Waals surface area contributed by atoms with Gasteiger partial charge in [-0.25, -0.2) is 4.39 Å². The summed E-state index contributed by atoms with van der Waals surface area (Å²) in [5, 5.41) is 7.77. The van der Waals surface area contributed by atoms with Gasteiger partial charge in [0.2, 0.25) is 0 Å². The summed E-state index contributed by atoms with van der Waals surface area (Å²) in [6, 6.07) is 6.81. The van der Waals surface area contributed by atoms with Crippen molar-refractivity contribution in [3.8, 4) is 0 Å². The smallest absolute Gasteiger partial charge is 0.123 e. The van der Waals surface area contributed by atoms with Crippen molar-refractivity contribution in [1.82, 2.24) is 19.9 Å². The summed E-state index contributed by atoms with van der Waals surface area (Å²) in [6.07, 6.45) is 9.21. The van der Waals surface area contributed by atoms with E-state index in [2.05, 4.69) is 21.3 Å². The zero-order valence-corrected chi connectivity index (χ0v) is 13.9. The van der Waals surface area contributed by atoms with Crippen molar-refractivity contribution in [2.75, 3.05) is 19.6 Å². The normalized spacial score (nSPS) is 15.1. The van der Waals surface area contributed by atoms with E-state index in [0.717, 1.165) is 44.6 Å². The van der Waals surface area contributed by atoms with Gasteiger partial charge in [0, 0.05) is 25.8 Å². The van der Waals surface area contributed by atoms with Crippen LogP contribution in [-0.4, -0.2) is 39.5 Å². The molecule has 0 bridgehead atoms. The molecular formula is C17H22ClFN4. The molecule has 0 radical (unpaired) electrons. The van der Waals surface area contributed by atoms with Crippen LogP contribution in [0.5, 0.6) is 0 Å². The Balaban J connectivity index is 0.00000192. The molecule has 1 aromatic heterocycles. The van der Waals surface area contributed by atoms with Crippen molar-refractivity contribution in [2.24, 2.45) is 0 Å². The lowest BCUT2D eigenvalue weighted by Crippen LogP contribution is -2.29. The van der Waals surface area contributed by atoms with E-state index >= 15 is 0 Å². The number of nitrogens with zero attached hydrogens (tertiary/aromatic N) is 4. The van der Waals surface area contributed by atoms with Crippen molar-refractivity contribution < 1.29 is 4.39 Å². The first-order valence-corrected chi connectivity index (χ1v) is 7.83. The Hall–Kier alpha value is -1.72. The van der Waals surface area contributed by atoms with Crippen molar-refractivity contribution in [3.05, 3.63) is 54.1 Å². The van der Waals surface area contributed by atoms with E-state index in [4.69, 9.17) is 0 Å². The van der Waals surface area contributed by atoms with Gasteiger partial charge in [0.05, 0.1) is 6.20 Å². The number of aryl methyl sites for hydroxylation is 1. The molecule has 0 N–H and O–H groups in total. The summed E-state index contributed by atoms with van der Waals surface area (Å²) in [7, 11) is 0. The number of halogens is 2. The Kier molecular flexibility index (Phi) is 6.74. The summed E-state index contributed by atoms with van der Waals surface area (Å²) in [5.74, 6) is -0.172. The quantitative estimate of drug-likeness (QED) is 0.758. The van der Waals surface area contributed by atoms with Crippen LogP contribution in [-0.2, 0) is 6.54 Å². The minimum Gasteiger partial charge on any atom is -0.299 e. The third kappa shape index (κ3) is 5.15. The molecule has 0 saturated carbocycles. The second-order valence-corrected chi connectivity index (χ2v) is 5.66. The molecule has 1 aromatic carbocycles. The highest BCUT2D eigenvalue weighted by atomic mass is 35.5. The third-order valence-electron chi connectivity index (χ3n) is 4.09.